The highest BCUT2D eigenvalue weighted by Gasteiger charge is 2.39. The van der Waals surface area contributed by atoms with Crippen LogP contribution in [0.1, 0.15) is 30.4 Å². The third kappa shape index (κ3) is 3.17. The minimum atomic E-state index is -0.597. The molecule has 1 aromatic rings. The molecule has 1 aliphatic heterocycles. The van der Waals surface area contributed by atoms with Gasteiger partial charge in [-0.2, -0.15) is 0 Å². The van der Waals surface area contributed by atoms with E-state index in [9.17, 15) is 9.59 Å². The first kappa shape index (κ1) is 14.5. The van der Waals surface area contributed by atoms with Crippen LogP contribution in [0, 0.1) is 0 Å². The van der Waals surface area contributed by atoms with Crippen molar-refractivity contribution >= 4 is 11.9 Å². The standard InChI is InChI=1S/C15H19NO4/c1-3-20-15(18)14-12(8-13(17)16-14)11-6-4-5-10(7-11)9-19-2/h4-7,12,14H,3,8-9H2,1-2H3,(H,16,17). The minimum absolute atomic E-state index is 0.120. The predicted octanol–water partition coefficient (Wildman–Crippen LogP) is 1.37. The Balaban J connectivity index is 2.22. The Labute approximate surface area is 118 Å². The molecule has 2 unspecified atom stereocenters. The molecule has 0 bridgehead atoms. The third-order valence-electron chi connectivity index (χ3n) is 3.35. The number of nitrogens with one attached hydrogen (secondary N) is 1. The Hall–Kier alpha value is -1.88. The maximum Gasteiger partial charge on any atom is 0.329 e. The van der Waals surface area contributed by atoms with Crippen molar-refractivity contribution in [3.05, 3.63) is 35.4 Å². The zero-order chi connectivity index (χ0) is 14.5. The van der Waals surface area contributed by atoms with Crippen LogP contribution >= 0.6 is 0 Å². The smallest absolute Gasteiger partial charge is 0.329 e. The number of carbonyl (C=O) groups excluding carboxylic acids is 2. The van der Waals surface area contributed by atoms with Crippen LogP contribution in [0.25, 0.3) is 0 Å². The van der Waals surface area contributed by atoms with E-state index >= 15 is 0 Å². The summed E-state index contributed by atoms with van der Waals surface area (Å²) in [6.07, 6.45) is 0.305. The van der Waals surface area contributed by atoms with Crippen LogP contribution in [0.4, 0.5) is 0 Å². The molecule has 1 fully saturated rings. The fourth-order valence-electron chi connectivity index (χ4n) is 2.50. The van der Waals surface area contributed by atoms with Gasteiger partial charge in [0.25, 0.3) is 0 Å². The molecule has 0 aromatic heterocycles. The molecule has 1 heterocycles. The summed E-state index contributed by atoms with van der Waals surface area (Å²) in [5.74, 6) is -0.677. The normalized spacial score (nSPS) is 21.6. The lowest BCUT2D eigenvalue weighted by molar-refractivity contribution is -0.146. The topological polar surface area (TPSA) is 64.6 Å². The van der Waals surface area contributed by atoms with Crippen molar-refractivity contribution in [3.8, 4) is 0 Å². The summed E-state index contributed by atoms with van der Waals surface area (Å²) in [5.41, 5.74) is 1.97. The molecule has 20 heavy (non-hydrogen) atoms. The molecule has 1 amide bonds. The Morgan fingerprint density at radius 1 is 1.45 bits per heavy atom. The summed E-state index contributed by atoms with van der Waals surface area (Å²) in [6.45, 7) is 2.57. The molecule has 1 aromatic carbocycles. The fourth-order valence-corrected chi connectivity index (χ4v) is 2.50. The number of carbonyl (C=O) groups is 2. The molecule has 0 radical (unpaired) electrons. The van der Waals surface area contributed by atoms with Crippen LogP contribution in [0.3, 0.4) is 0 Å². The summed E-state index contributed by atoms with van der Waals surface area (Å²) in [7, 11) is 1.63. The lowest BCUT2D eigenvalue weighted by atomic mass is 9.91. The van der Waals surface area contributed by atoms with Gasteiger partial charge in [0, 0.05) is 19.4 Å². The Kier molecular flexibility index (Phi) is 4.74. The second-order valence-electron chi connectivity index (χ2n) is 4.79. The zero-order valence-electron chi connectivity index (χ0n) is 11.7. The van der Waals surface area contributed by atoms with E-state index in [1.165, 1.54) is 0 Å². The quantitative estimate of drug-likeness (QED) is 0.826. The first-order valence-corrected chi connectivity index (χ1v) is 6.69. The molecular formula is C15H19NO4. The fraction of sp³-hybridized carbons (Fsp3) is 0.467. The summed E-state index contributed by atoms with van der Waals surface area (Å²) in [4.78, 5) is 23.5. The number of hydrogen-bond donors (Lipinski definition) is 1. The maximum absolute atomic E-state index is 11.9. The molecule has 0 saturated carbocycles. The number of rotatable bonds is 5. The Morgan fingerprint density at radius 2 is 2.25 bits per heavy atom. The number of amides is 1. The van der Waals surface area contributed by atoms with Gasteiger partial charge >= 0.3 is 5.97 Å². The molecule has 0 aliphatic carbocycles. The summed E-state index contributed by atoms with van der Waals surface area (Å²) in [6, 6.07) is 7.17. The van der Waals surface area contributed by atoms with Crippen molar-refractivity contribution in [3.63, 3.8) is 0 Å². The van der Waals surface area contributed by atoms with E-state index in [0.29, 0.717) is 19.6 Å². The summed E-state index contributed by atoms with van der Waals surface area (Å²) >= 11 is 0. The summed E-state index contributed by atoms with van der Waals surface area (Å²) in [5, 5.41) is 2.69. The number of hydrogen-bond acceptors (Lipinski definition) is 4. The lowest BCUT2D eigenvalue weighted by Crippen LogP contribution is -2.37. The highest BCUT2D eigenvalue weighted by Crippen LogP contribution is 2.29. The number of esters is 1. The van der Waals surface area contributed by atoms with Crippen molar-refractivity contribution in [2.45, 2.75) is 31.9 Å². The van der Waals surface area contributed by atoms with Gasteiger partial charge in [0.2, 0.25) is 5.91 Å². The number of ether oxygens (including phenoxy) is 2. The van der Waals surface area contributed by atoms with Gasteiger partial charge in [0.1, 0.15) is 6.04 Å². The molecule has 5 nitrogen and oxygen atoms in total. The van der Waals surface area contributed by atoms with Crippen molar-refractivity contribution in [2.75, 3.05) is 13.7 Å². The van der Waals surface area contributed by atoms with Gasteiger partial charge in [-0.3, -0.25) is 4.79 Å². The monoisotopic (exact) mass is 277 g/mol. The molecule has 2 atom stereocenters. The van der Waals surface area contributed by atoms with Crippen molar-refractivity contribution in [1.29, 1.82) is 0 Å². The van der Waals surface area contributed by atoms with Gasteiger partial charge in [-0.15, -0.1) is 0 Å². The van der Waals surface area contributed by atoms with Gasteiger partial charge in [0.15, 0.2) is 0 Å². The van der Waals surface area contributed by atoms with Crippen LogP contribution < -0.4 is 5.32 Å². The maximum atomic E-state index is 11.9. The van der Waals surface area contributed by atoms with Crippen LogP contribution in [-0.2, 0) is 25.7 Å². The minimum Gasteiger partial charge on any atom is -0.464 e. The second kappa shape index (κ2) is 6.52. The molecular weight excluding hydrogens is 258 g/mol. The number of benzene rings is 1. The molecule has 0 spiro atoms. The van der Waals surface area contributed by atoms with E-state index in [1.54, 1.807) is 14.0 Å². The first-order chi connectivity index (χ1) is 9.65. The van der Waals surface area contributed by atoms with Crippen molar-refractivity contribution in [2.24, 2.45) is 0 Å². The van der Waals surface area contributed by atoms with Gasteiger partial charge in [0.05, 0.1) is 13.2 Å². The molecule has 2 rings (SSSR count). The lowest BCUT2D eigenvalue weighted by Gasteiger charge is -2.18. The average Bonchev–Trinajstić information content (AvgIpc) is 2.82. The van der Waals surface area contributed by atoms with E-state index in [2.05, 4.69) is 5.32 Å². The highest BCUT2D eigenvalue weighted by molar-refractivity contribution is 5.90. The highest BCUT2D eigenvalue weighted by atomic mass is 16.5. The largest absolute Gasteiger partial charge is 0.464 e. The third-order valence-corrected chi connectivity index (χ3v) is 3.35. The molecule has 108 valence electrons. The van der Waals surface area contributed by atoms with Gasteiger partial charge < -0.3 is 14.8 Å². The van der Waals surface area contributed by atoms with E-state index in [4.69, 9.17) is 9.47 Å². The van der Waals surface area contributed by atoms with Gasteiger partial charge in [-0.25, -0.2) is 4.79 Å². The molecule has 5 heteroatoms. The molecule has 1 saturated heterocycles. The Bertz CT molecular complexity index is 500. The second-order valence-corrected chi connectivity index (χ2v) is 4.79. The van der Waals surface area contributed by atoms with Crippen molar-refractivity contribution in [1.82, 2.24) is 5.32 Å². The Morgan fingerprint density at radius 3 is 2.95 bits per heavy atom. The summed E-state index contributed by atoms with van der Waals surface area (Å²) < 4.78 is 10.1. The molecule has 1 aliphatic rings. The van der Waals surface area contributed by atoms with Gasteiger partial charge in [-0.05, 0) is 18.1 Å². The SMILES string of the molecule is CCOC(=O)C1NC(=O)CC1c1cccc(COC)c1. The van der Waals surface area contributed by atoms with Crippen LogP contribution in [0.2, 0.25) is 0 Å². The van der Waals surface area contributed by atoms with Gasteiger partial charge in [-0.1, -0.05) is 24.3 Å². The first-order valence-electron chi connectivity index (χ1n) is 6.69. The number of methoxy groups -OCH3 is 1. The predicted molar refractivity (Wildman–Crippen MR) is 73.1 cm³/mol. The average molecular weight is 277 g/mol. The van der Waals surface area contributed by atoms with E-state index < -0.39 is 6.04 Å². The molecule has 1 N–H and O–H groups in total. The van der Waals surface area contributed by atoms with Crippen LogP contribution in [0.15, 0.2) is 24.3 Å². The van der Waals surface area contributed by atoms with E-state index in [-0.39, 0.29) is 17.8 Å². The van der Waals surface area contributed by atoms with E-state index in [1.807, 2.05) is 24.3 Å². The van der Waals surface area contributed by atoms with Crippen LogP contribution in [0.5, 0.6) is 0 Å². The zero-order valence-corrected chi connectivity index (χ0v) is 11.7. The van der Waals surface area contributed by atoms with Crippen molar-refractivity contribution < 1.29 is 19.1 Å². The van der Waals surface area contributed by atoms with E-state index in [0.717, 1.165) is 11.1 Å². The van der Waals surface area contributed by atoms with Crippen LogP contribution in [-0.4, -0.2) is 31.6 Å².